The van der Waals surface area contributed by atoms with Crippen molar-refractivity contribution >= 4 is 29.9 Å². The molecule has 0 saturated heterocycles. The lowest BCUT2D eigenvalue weighted by Crippen LogP contribution is -2.39. The van der Waals surface area contributed by atoms with Gasteiger partial charge in [-0.05, 0) is 37.6 Å². The van der Waals surface area contributed by atoms with Gasteiger partial charge in [0.25, 0.3) is 0 Å². The highest BCUT2D eigenvalue weighted by molar-refractivity contribution is 14.0. The summed E-state index contributed by atoms with van der Waals surface area (Å²) in [5, 5.41) is 6.70. The molecule has 0 fully saturated rings. The maximum atomic E-state index is 5.46. The molecule has 0 amide bonds. The molecule has 2 rings (SSSR count). The topological polar surface area (TPSA) is 77.2 Å². The predicted octanol–water partition coefficient (Wildman–Crippen LogP) is 3.62. The normalized spacial score (nSPS) is 10.9. The summed E-state index contributed by atoms with van der Waals surface area (Å²) in [5.41, 5.74) is 0.991. The molecule has 0 radical (unpaired) electrons. The molecule has 7 nitrogen and oxygen atoms in total. The summed E-state index contributed by atoms with van der Waals surface area (Å²) in [5.74, 6) is 3.21. The van der Waals surface area contributed by atoms with Crippen LogP contribution in [0.4, 0.5) is 0 Å². The molecule has 0 aliphatic rings. The van der Waals surface area contributed by atoms with Gasteiger partial charge in [-0.25, -0.2) is 4.99 Å². The molecular formula is C21H32IN3O4. The summed E-state index contributed by atoms with van der Waals surface area (Å²) in [6.07, 6.45) is 3.39. The van der Waals surface area contributed by atoms with Crippen molar-refractivity contribution in [2.45, 2.75) is 26.3 Å². The number of guanidine groups is 1. The third-order valence-corrected chi connectivity index (χ3v) is 4.11. The van der Waals surface area contributed by atoms with Gasteiger partial charge in [-0.1, -0.05) is 0 Å². The minimum Gasteiger partial charge on any atom is -0.497 e. The van der Waals surface area contributed by atoms with Crippen molar-refractivity contribution in [3.63, 3.8) is 0 Å². The lowest BCUT2D eigenvalue weighted by Gasteiger charge is -2.13. The number of benzene rings is 1. The first-order valence-electron chi connectivity index (χ1n) is 9.60. The molecule has 162 valence electrons. The van der Waals surface area contributed by atoms with Crippen molar-refractivity contribution in [3.8, 4) is 11.5 Å². The van der Waals surface area contributed by atoms with E-state index < -0.39 is 0 Å². The van der Waals surface area contributed by atoms with Gasteiger partial charge in [-0.2, -0.15) is 0 Å². The molecule has 0 aliphatic carbocycles. The van der Waals surface area contributed by atoms with Crippen LogP contribution >= 0.6 is 24.0 Å². The van der Waals surface area contributed by atoms with E-state index in [1.807, 2.05) is 37.3 Å². The lowest BCUT2D eigenvalue weighted by molar-refractivity contribution is 0.145. The first kappa shape index (κ1) is 25.1. The van der Waals surface area contributed by atoms with Crippen molar-refractivity contribution in [2.75, 3.05) is 40.5 Å². The van der Waals surface area contributed by atoms with E-state index in [1.165, 1.54) is 0 Å². The van der Waals surface area contributed by atoms with Gasteiger partial charge in [-0.3, -0.25) is 0 Å². The van der Waals surface area contributed by atoms with E-state index in [4.69, 9.17) is 23.6 Å². The first-order valence-corrected chi connectivity index (χ1v) is 9.60. The highest BCUT2D eigenvalue weighted by atomic mass is 127. The molecule has 1 heterocycles. The number of nitrogens with zero attached hydrogens (tertiary/aromatic N) is 1. The Bertz CT molecular complexity index is 708. The SMILES string of the molecule is CCOCCCNC(=NCc1ccc(OC)cc1OC)NCCc1ccco1.I. The number of nitrogens with one attached hydrogen (secondary N) is 2. The Morgan fingerprint density at radius 1 is 1.10 bits per heavy atom. The van der Waals surface area contributed by atoms with Crippen LogP contribution in [-0.2, 0) is 17.7 Å². The Kier molecular flexibility index (Phi) is 13.0. The highest BCUT2D eigenvalue weighted by Gasteiger charge is 2.06. The van der Waals surface area contributed by atoms with E-state index in [-0.39, 0.29) is 24.0 Å². The molecular weight excluding hydrogens is 485 g/mol. The maximum Gasteiger partial charge on any atom is 0.191 e. The van der Waals surface area contributed by atoms with Gasteiger partial charge in [0.1, 0.15) is 17.3 Å². The van der Waals surface area contributed by atoms with Crippen molar-refractivity contribution in [2.24, 2.45) is 4.99 Å². The summed E-state index contributed by atoms with van der Waals surface area (Å²) in [6.45, 7) is 5.47. The smallest absolute Gasteiger partial charge is 0.191 e. The quantitative estimate of drug-likeness (QED) is 0.194. The van der Waals surface area contributed by atoms with Crippen molar-refractivity contribution in [1.29, 1.82) is 0 Å². The Hall–Kier alpha value is -1.94. The van der Waals surface area contributed by atoms with E-state index in [0.717, 1.165) is 67.9 Å². The number of hydrogen-bond acceptors (Lipinski definition) is 5. The van der Waals surface area contributed by atoms with Gasteiger partial charge in [0.2, 0.25) is 0 Å². The van der Waals surface area contributed by atoms with Crippen LogP contribution in [-0.4, -0.2) is 46.5 Å². The molecule has 0 saturated carbocycles. The number of rotatable bonds is 12. The Morgan fingerprint density at radius 3 is 2.62 bits per heavy atom. The van der Waals surface area contributed by atoms with Gasteiger partial charge in [0.15, 0.2) is 5.96 Å². The fourth-order valence-corrected chi connectivity index (χ4v) is 2.61. The third kappa shape index (κ3) is 9.40. The van der Waals surface area contributed by atoms with Crippen LogP contribution in [0.5, 0.6) is 11.5 Å². The fourth-order valence-electron chi connectivity index (χ4n) is 2.61. The lowest BCUT2D eigenvalue weighted by atomic mass is 10.2. The number of methoxy groups -OCH3 is 2. The monoisotopic (exact) mass is 517 g/mol. The maximum absolute atomic E-state index is 5.46. The van der Waals surface area contributed by atoms with Crippen LogP contribution < -0.4 is 20.1 Å². The second-order valence-electron chi connectivity index (χ2n) is 6.08. The molecule has 0 atom stereocenters. The molecule has 0 aliphatic heterocycles. The Labute approximate surface area is 190 Å². The number of hydrogen-bond donors (Lipinski definition) is 2. The largest absolute Gasteiger partial charge is 0.497 e. The van der Waals surface area contributed by atoms with Crippen LogP contribution in [0.25, 0.3) is 0 Å². The summed E-state index contributed by atoms with van der Waals surface area (Å²) in [6, 6.07) is 9.61. The molecule has 29 heavy (non-hydrogen) atoms. The fraction of sp³-hybridized carbons (Fsp3) is 0.476. The standard InChI is InChI=1S/C21H31N3O4.HI/c1-4-27-13-6-11-22-21(23-12-10-18-7-5-14-28-18)24-16-17-8-9-19(25-2)15-20(17)26-3;/h5,7-9,14-15H,4,6,10-13,16H2,1-3H3,(H2,22,23,24);1H. The second kappa shape index (κ2) is 15.0. The molecule has 0 spiro atoms. The van der Waals surface area contributed by atoms with Gasteiger partial charge in [-0.15, -0.1) is 24.0 Å². The van der Waals surface area contributed by atoms with Crippen molar-refractivity contribution < 1.29 is 18.6 Å². The van der Waals surface area contributed by atoms with E-state index in [1.54, 1.807) is 20.5 Å². The number of aliphatic imine (C=N–C) groups is 1. The zero-order chi connectivity index (χ0) is 20.0. The summed E-state index contributed by atoms with van der Waals surface area (Å²) in [7, 11) is 3.29. The molecule has 1 aromatic carbocycles. The minimum atomic E-state index is 0. The average molecular weight is 517 g/mol. The molecule has 2 N–H and O–H groups in total. The van der Waals surface area contributed by atoms with Crippen LogP contribution in [0.3, 0.4) is 0 Å². The molecule has 0 bridgehead atoms. The highest BCUT2D eigenvalue weighted by Crippen LogP contribution is 2.25. The molecule has 2 aromatic rings. The summed E-state index contributed by atoms with van der Waals surface area (Å²) in [4.78, 5) is 4.70. The average Bonchev–Trinajstić information content (AvgIpc) is 3.24. The Balaban J connectivity index is 0.00000420. The van der Waals surface area contributed by atoms with Gasteiger partial charge in [0, 0.05) is 44.4 Å². The first-order chi connectivity index (χ1) is 13.8. The zero-order valence-electron chi connectivity index (χ0n) is 17.4. The van der Waals surface area contributed by atoms with Crippen LogP contribution in [0.15, 0.2) is 46.0 Å². The summed E-state index contributed by atoms with van der Waals surface area (Å²) < 4.78 is 21.5. The van der Waals surface area contributed by atoms with Crippen LogP contribution in [0.1, 0.15) is 24.7 Å². The van der Waals surface area contributed by atoms with Gasteiger partial charge < -0.3 is 29.3 Å². The van der Waals surface area contributed by atoms with Gasteiger partial charge >= 0.3 is 0 Å². The predicted molar refractivity (Wildman–Crippen MR) is 126 cm³/mol. The van der Waals surface area contributed by atoms with E-state index in [9.17, 15) is 0 Å². The molecule has 8 heteroatoms. The zero-order valence-corrected chi connectivity index (χ0v) is 19.7. The number of ether oxygens (including phenoxy) is 3. The minimum absolute atomic E-state index is 0. The second-order valence-corrected chi connectivity index (χ2v) is 6.08. The van der Waals surface area contributed by atoms with Crippen molar-refractivity contribution in [1.82, 2.24) is 10.6 Å². The van der Waals surface area contributed by atoms with E-state index in [2.05, 4.69) is 10.6 Å². The molecule has 1 aromatic heterocycles. The van der Waals surface area contributed by atoms with Gasteiger partial charge in [0.05, 0.1) is 27.0 Å². The van der Waals surface area contributed by atoms with Crippen LogP contribution in [0, 0.1) is 0 Å². The van der Waals surface area contributed by atoms with Crippen molar-refractivity contribution in [3.05, 3.63) is 47.9 Å². The number of halogens is 1. The number of furan rings is 1. The third-order valence-electron chi connectivity index (χ3n) is 4.11. The van der Waals surface area contributed by atoms with E-state index in [0.29, 0.717) is 6.54 Å². The van der Waals surface area contributed by atoms with E-state index >= 15 is 0 Å². The van der Waals surface area contributed by atoms with Crippen LogP contribution in [0.2, 0.25) is 0 Å². The Morgan fingerprint density at radius 2 is 1.93 bits per heavy atom. The summed E-state index contributed by atoms with van der Waals surface area (Å²) >= 11 is 0. The molecule has 0 unspecified atom stereocenters.